The molecule has 1 amide bonds. The largest absolute Gasteiger partial charge is 0.492 e. The van der Waals surface area contributed by atoms with E-state index in [0.29, 0.717) is 47.7 Å². The van der Waals surface area contributed by atoms with Crippen molar-refractivity contribution >= 4 is 23.3 Å². The van der Waals surface area contributed by atoms with Crippen LogP contribution < -0.4 is 15.0 Å². The molecule has 212 valence electrons. The molecule has 5 rings (SSSR count). The topological polar surface area (TPSA) is 60.9 Å². The number of para-hydroxylation sites is 1. The van der Waals surface area contributed by atoms with Gasteiger partial charge in [0.25, 0.3) is 5.91 Å². The maximum absolute atomic E-state index is 14.0. The lowest BCUT2D eigenvalue weighted by Gasteiger charge is -2.43. The maximum atomic E-state index is 14.0. The molecule has 3 aromatic rings. The van der Waals surface area contributed by atoms with Crippen LogP contribution in [0.4, 0.5) is 14.6 Å². The van der Waals surface area contributed by atoms with Crippen molar-refractivity contribution in [2.75, 3.05) is 57.3 Å². The number of pyridine rings is 1. The van der Waals surface area contributed by atoms with E-state index in [1.807, 2.05) is 30.3 Å². The Kier molecular flexibility index (Phi) is 9.46. The lowest BCUT2D eigenvalue weighted by atomic mass is 10.0. The summed E-state index contributed by atoms with van der Waals surface area (Å²) in [6.45, 7) is 6.42. The Labute approximate surface area is 238 Å². The van der Waals surface area contributed by atoms with Crippen LogP contribution in [0.1, 0.15) is 28.8 Å². The molecule has 1 N–H and O–H groups in total. The van der Waals surface area contributed by atoms with Gasteiger partial charge in [0.1, 0.15) is 29.8 Å². The maximum Gasteiger partial charge on any atom is 0.253 e. The highest BCUT2D eigenvalue weighted by atomic mass is 35.5. The summed E-state index contributed by atoms with van der Waals surface area (Å²) in [6, 6.07) is 15.4. The highest BCUT2D eigenvalue weighted by molar-refractivity contribution is 6.33. The summed E-state index contributed by atoms with van der Waals surface area (Å²) in [7, 11) is 0. The lowest BCUT2D eigenvalue weighted by molar-refractivity contribution is 0.0946. The number of hydrogen-bond donors (Lipinski definition) is 1. The Bertz CT molecular complexity index is 1280. The minimum Gasteiger partial charge on any atom is -0.492 e. The summed E-state index contributed by atoms with van der Waals surface area (Å²) < 4.78 is 32.8. The normalized spacial score (nSPS) is 17.1. The number of nitrogens with zero attached hydrogens (tertiary/aromatic N) is 4. The molecule has 1 aromatic heterocycles. The van der Waals surface area contributed by atoms with Gasteiger partial charge in [-0.05, 0) is 50.2 Å². The van der Waals surface area contributed by atoms with E-state index in [2.05, 4.69) is 25.0 Å². The number of nitrogens with one attached hydrogen (secondary N) is 1. The van der Waals surface area contributed by atoms with Gasteiger partial charge in [0, 0.05) is 56.6 Å². The number of benzene rings is 2. The molecule has 40 heavy (non-hydrogen) atoms. The smallest absolute Gasteiger partial charge is 0.253 e. The molecule has 7 nitrogen and oxygen atoms in total. The molecule has 10 heteroatoms. The second kappa shape index (κ2) is 13.4. The van der Waals surface area contributed by atoms with Crippen molar-refractivity contribution in [3.05, 3.63) is 88.6 Å². The van der Waals surface area contributed by atoms with Gasteiger partial charge in [-0.1, -0.05) is 35.9 Å². The van der Waals surface area contributed by atoms with Crippen molar-refractivity contribution in [1.29, 1.82) is 0 Å². The number of carbonyl (C=O) groups excluding carboxylic acids is 1. The van der Waals surface area contributed by atoms with E-state index in [-0.39, 0.29) is 5.91 Å². The molecule has 2 aliphatic heterocycles. The fourth-order valence-corrected chi connectivity index (χ4v) is 5.66. The third kappa shape index (κ3) is 7.27. The molecule has 0 spiro atoms. The van der Waals surface area contributed by atoms with Gasteiger partial charge in [0.05, 0.1) is 17.1 Å². The number of rotatable bonds is 9. The van der Waals surface area contributed by atoms with Gasteiger partial charge in [0.2, 0.25) is 0 Å². The van der Waals surface area contributed by atoms with E-state index >= 15 is 0 Å². The predicted octanol–water partition coefficient (Wildman–Crippen LogP) is 4.61. The Morgan fingerprint density at radius 2 is 1.75 bits per heavy atom. The summed E-state index contributed by atoms with van der Waals surface area (Å²) in [4.78, 5) is 24.0. The molecule has 0 bridgehead atoms. The number of aromatic nitrogens is 1. The molecule has 3 heterocycles. The van der Waals surface area contributed by atoms with Crippen LogP contribution in [0.25, 0.3) is 0 Å². The zero-order chi connectivity index (χ0) is 27.9. The first-order valence-electron chi connectivity index (χ1n) is 13.7. The summed E-state index contributed by atoms with van der Waals surface area (Å²) in [6.07, 6.45) is 3.60. The van der Waals surface area contributed by atoms with Crippen molar-refractivity contribution in [3.8, 4) is 5.75 Å². The van der Waals surface area contributed by atoms with Crippen LogP contribution in [-0.4, -0.2) is 79.2 Å². The minimum atomic E-state index is -0.544. The van der Waals surface area contributed by atoms with Crippen molar-refractivity contribution in [2.45, 2.75) is 25.4 Å². The molecular weight excluding hydrogens is 536 g/mol. The molecule has 2 fully saturated rings. The third-order valence-electron chi connectivity index (χ3n) is 7.58. The zero-order valence-electron chi connectivity index (χ0n) is 22.4. The minimum absolute atomic E-state index is 0.240. The van der Waals surface area contributed by atoms with E-state index in [1.165, 1.54) is 12.1 Å². The van der Waals surface area contributed by atoms with E-state index < -0.39 is 11.6 Å². The summed E-state index contributed by atoms with van der Waals surface area (Å²) in [5.41, 5.74) is 0.956. The van der Waals surface area contributed by atoms with E-state index in [1.54, 1.807) is 12.3 Å². The number of piperazine rings is 1. The van der Waals surface area contributed by atoms with Crippen LogP contribution in [0, 0.1) is 11.6 Å². The van der Waals surface area contributed by atoms with Crippen molar-refractivity contribution < 1.29 is 18.3 Å². The van der Waals surface area contributed by atoms with Gasteiger partial charge in [-0.2, -0.15) is 0 Å². The average Bonchev–Trinajstić information content (AvgIpc) is 2.98. The lowest BCUT2D eigenvalue weighted by Crippen LogP contribution is -2.53. The number of halogens is 3. The summed E-state index contributed by atoms with van der Waals surface area (Å²) in [5.74, 6) is 0.192. The molecule has 0 saturated carbocycles. The van der Waals surface area contributed by atoms with Crippen LogP contribution in [0.15, 0.2) is 60.8 Å². The summed E-state index contributed by atoms with van der Waals surface area (Å²) in [5, 5.41) is 3.30. The van der Waals surface area contributed by atoms with Crippen molar-refractivity contribution in [2.24, 2.45) is 0 Å². The molecule has 2 aliphatic rings. The second-order valence-corrected chi connectivity index (χ2v) is 10.6. The van der Waals surface area contributed by atoms with Gasteiger partial charge >= 0.3 is 0 Å². The van der Waals surface area contributed by atoms with Crippen molar-refractivity contribution in [3.63, 3.8) is 0 Å². The zero-order valence-corrected chi connectivity index (χ0v) is 23.1. The standard InChI is InChI=1S/C30H34ClF2N5O2/c31-27-18-23(30(39)34-10-17-40-26-4-2-1-3-5-26)20-35-29(27)38-15-13-37(14-16-38)25-8-11-36(12-9-25)21-22-6-7-24(32)19-28(22)33/h1-7,18-20,25H,8-17,21H2,(H,34,39). The van der Waals surface area contributed by atoms with Crippen molar-refractivity contribution in [1.82, 2.24) is 20.1 Å². The first-order chi connectivity index (χ1) is 19.5. The number of piperidine rings is 1. The Hall–Kier alpha value is -3.27. The molecular formula is C30H34ClF2N5O2. The quantitative estimate of drug-likeness (QED) is 0.380. The van der Waals surface area contributed by atoms with Crippen LogP contribution in [0.3, 0.4) is 0 Å². The van der Waals surface area contributed by atoms with Crippen LogP contribution in [0.2, 0.25) is 5.02 Å². The number of carbonyl (C=O) groups is 1. The Morgan fingerprint density at radius 3 is 2.45 bits per heavy atom. The average molecular weight is 570 g/mol. The highest BCUT2D eigenvalue weighted by Crippen LogP contribution is 2.27. The SMILES string of the molecule is O=C(NCCOc1ccccc1)c1cnc(N2CCN(C3CCN(Cc4ccc(F)cc4F)CC3)CC2)c(Cl)c1. The Balaban J connectivity index is 1.05. The predicted molar refractivity (Wildman–Crippen MR) is 152 cm³/mol. The van der Waals surface area contributed by atoms with Gasteiger partial charge in [-0.15, -0.1) is 0 Å². The molecule has 0 radical (unpaired) electrons. The molecule has 0 unspecified atom stereocenters. The molecule has 2 aromatic carbocycles. The molecule has 0 aliphatic carbocycles. The fraction of sp³-hybridized carbons (Fsp3) is 0.400. The number of anilines is 1. The van der Waals surface area contributed by atoms with Crippen LogP contribution >= 0.6 is 11.6 Å². The summed E-state index contributed by atoms with van der Waals surface area (Å²) >= 11 is 6.56. The van der Waals surface area contributed by atoms with E-state index in [0.717, 1.165) is 63.9 Å². The second-order valence-electron chi connectivity index (χ2n) is 10.2. The van der Waals surface area contributed by atoms with Crippen LogP contribution in [-0.2, 0) is 6.54 Å². The van der Waals surface area contributed by atoms with Gasteiger partial charge in [-0.3, -0.25) is 14.6 Å². The van der Waals surface area contributed by atoms with E-state index in [4.69, 9.17) is 16.3 Å². The molecule has 2 saturated heterocycles. The van der Waals surface area contributed by atoms with Crippen LogP contribution in [0.5, 0.6) is 5.75 Å². The first-order valence-corrected chi connectivity index (χ1v) is 14.1. The highest BCUT2D eigenvalue weighted by Gasteiger charge is 2.29. The van der Waals surface area contributed by atoms with E-state index in [9.17, 15) is 13.6 Å². The number of ether oxygens (including phenoxy) is 1. The van der Waals surface area contributed by atoms with Gasteiger partial charge in [0.15, 0.2) is 0 Å². The first kappa shape index (κ1) is 28.3. The number of hydrogen-bond acceptors (Lipinski definition) is 6. The monoisotopic (exact) mass is 569 g/mol. The number of amides is 1. The fourth-order valence-electron chi connectivity index (χ4n) is 5.37. The third-order valence-corrected chi connectivity index (χ3v) is 7.86. The Morgan fingerprint density at radius 1 is 1.00 bits per heavy atom. The van der Waals surface area contributed by atoms with Gasteiger partial charge in [-0.25, -0.2) is 13.8 Å². The number of likely N-dealkylation sites (tertiary alicyclic amines) is 1. The molecule has 0 atom stereocenters. The van der Waals surface area contributed by atoms with Gasteiger partial charge < -0.3 is 15.0 Å².